The third kappa shape index (κ3) is 68.7. The summed E-state index contributed by atoms with van der Waals surface area (Å²) < 4.78 is 5.49. The number of nitrogens with one attached hydrogen (secondary N) is 1. The summed E-state index contributed by atoms with van der Waals surface area (Å²) >= 11 is 0. The molecule has 0 aliphatic rings. The van der Waals surface area contributed by atoms with Crippen molar-refractivity contribution in [1.82, 2.24) is 5.32 Å². The smallest absolute Gasteiger partial charge is 0.305 e. The lowest BCUT2D eigenvalue weighted by Crippen LogP contribution is -2.45. The summed E-state index contributed by atoms with van der Waals surface area (Å²) in [6.45, 7) is 4.91. The molecule has 2 unspecified atom stereocenters. The average molecular weight is 1180 g/mol. The highest BCUT2D eigenvalue weighted by Crippen LogP contribution is 2.18. The van der Waals surface area contributed by atoms with Gasteiger partial charge in [-0.25, -0.2) is 0 Å². The summed E-state index contributed by atoms with van der Waals surface area (Å²) in [5, 5.41) is 23.3. The second-order valence-corrected chi connectivity index (χ2v) is 25.6. The molecule has 0 aliphatic carbocycles. The van der Waals surface area contributed by atoms with Crippen molar-refractivity contribution in [2.24, 2.45) is 0 Å². The van der Waals surface area contributed by atoms with Crippen molar-refractivity contribution in [2.75, 3.05) is 13.2 Å². The lowest BCUT2D eigenvalue weighted by atomic mass is 10.0. The first-order valence-electron chi connectivity index (χ1n) is 37.6. The van der Waals surface area contributed by atoms with Gasteiger partial charge >= 0.3 is 5.97 Å². The number of hydrogen-bond acceptors (Lipinski definition) is 5. The van der Waals surface area contributed by atoms with Crippen molar-refractivity contribution in [1.29, 1.82) is 0 Å². The second-order valence-electron chi connectivity index (χ2n) is 25.6. The molecule has 84 heavy (non-hydrogen) atoms. The molecule has 0 heterocycles. The molecule has 0 aliphatic heterocycles. The van der Waals surface area contributed by atoms with E-state index in [1.54, 1.807) is 6.08 Å². The van der Waals surface area contributed by atoms with Gasteiger partial charge in [0.25, 0.3) is 0 Å². The highest BCUT2D eigenvalue weighted by Gasteiger charge is 2.18. The molecule has 6 heteroatoms. The molecular formula is C78H145NO5. The standard InChI is InChI=1S/C78H145NO5/c1-3-5-7-9-11-13-15-17-19-21-22-23-33-36-39-42-46-50-54-58-62-66-70-76(81)75(74-80)79-77(82)71-67-63-59-55-51-47-43-40-37-34-31-29-27-25-24-26-28-30-32-35-38-41-45-49-53-57-61-65-69-73-84-78(83)72-68-64-60-56-52-48-44-20-18-16-14-12-10-8-6-4-2/h14,16,20,24,26,30,32,44,66,70,75-76,80-81H,3-13,15,17-19,21-23,25,27-29,31,33-43,45-65,67-69,71-74H2,1-2H3,(H,79,82)/b16-14-,26-24-,32-30-,44-20-,70-66+. The zero-order valence-corrected chi connectivity index (χ0v) is 56.4. The number of aliphatic hydroxyl groups is 2. The van der Waals surface area contributed by atoms with Gasteiger partial charge in [0, 0.05) is 12.8 Å². The molecule has 0 aromatic carbocycles. The lowest BCUT2D eigenvalue weighted by Gasteiger charge is -2.20. The van der Waals surface area contributed by atoms with E-state index in [1.807, 2.05) is 6.08 Å². The third-order valence-electron chi connectivity index (χ3n) is 17.3. The predicted molar refractivity (Wildman–Crippen MR) is 370 cm³/mol. The molecular weight excluding hydrogens is 1030 g/mol. The van der Waals surface area contributed by atoms with E-state index in [1.165, 1.54) is 315 Å². The molecule has 492 valence electrons. The normalized spacial score (nSPS) is 12.9. The lowest BCUT2D eigenvalue weighted by molar-refractivity contribution is -0.143. The van der Waals surface area contributed by atoms with Crippen molar-refractivity contribution in [3.05, 3.63) is 60.8 Å². The monoisotopic (exact) mass is 1180 g/mol. The Labute approximate surface area is 524 Å². The maximum absolute atomic E-state index is 12.5. The summed E-state index contributed by atoms with van der Waals surface area (Å²) in [6.07, 6.45) is 97.4. The number of esters is 1. The molecule has 2 atom stereocenters. The summed E-state index contributed by atoms with van der Waals surface area (Å²) in [5.74, 6) is -0.0675. The first kappa shape index (κ1) is 81.6. The Hall–Kier alpha value is -2.44. The van der Waals surface area contributed by atoms with Gasteiger partial charge in [-0.2, -0.15) is 0 Å². The Kier molecular flexibility index (Phi) is 70.9. The minimum Gasteiger partial charge on any atom is -0.466 e. The molecule has 0 saturated heterocycles. The number of carbonyl (C=O) groups excluding carboxylic acids is 2. The van der Waals surface area contributed by atoms with Crippen LogP contribution in [0.2, 0.25) is 0 Å². The van der Waals surface area contributed by atoms with E-state index >= 15 is 0 Å². The van der Waals surface area contributed by atoms with Crippen LogP contribution in [0.3, 0.4) is 0 Å². The molecule has 0 aromatic heterocycles. The van der Waals surface area contributed by atoms with Crippen LogP contribution in [-0.4, -0.2) is 47.4 Å². The van der Waals surface area contributed by atoms with Crippen LogP contribution in [0.4, 0.5) is 0 Å². The summed E-state index contributed by atoms with van der Waals surface area (Å²) in [5.41, 5.74) is 0. The van der Waals surface area contributed by atoms with E-state index in [2.05, 4.69) is 67.8 Å². The van der Waals surface area contributed by atoms with Gasteiger partial charge in [0.2, 0.25) is 5.91 Å². The van der Waals surface area contributed by atoms with Gasteiger partial charge in [-0.05, 0) is 96.3 Å². The zero-order valence-electron chi connectivity index (χ0n) is 56.4. The van der Waals surface area contributed by atoms with Crippen molar-refractivity contribution >= 4 is 11.9 Å². The van der Waals surface area contributed by atoms with Crippen molar-refractivity contribution in [3.8, 4) is 0 Å². The number of aliphatic hydroxyl groups excluding tert-OH is 2. The predicted octanol–water partition coefficient (Wildman–Crippen LogP) is 24.6. The molecule has 0 rings (SSSR count). The van der Waals surface area contributed by atoms with Crippen LogP contribution in [0.25, 0.3) is 0 Å². The molecule has 0 fully saturated rings. The second kappa shape index (κ2) is 73.0. The van der Waals surface area contributed by atoms with Crippen molar-refractivity contribution in [3.63, 3.8) is 0 Å². The van der Waals surface area contributed by atoms with Gasteiger partial charge in [0.05, 0.1) is 25.4 Å². The Morgan fingerprint density at radius 2 is 0.595 bits per heavy atom. The fourth-order valence-electron chi connectivity index (χ4n) is 11.5. The molecule has 0 aromatic rings. The molecule has 0 spiro atoms. The maximum Gasteiger partial charge on any atom is 0.305 e. The Balaban J connectivity index is 3.44. The molecule has 0 radical (unpaired) electrons. The van der Waals surface area contributed by atoms with Gasteiger partial charge in [-0.3, -0.25) is 9.59 Å². The highest BCUT2D eigenvalue weighted by atomic mass is 16.5. The molecule has 0 bridgehead atoms. The number of rotatable bonds is 70. The van der Waals surface area contributed by atoms with E-state index in [4.69, 9.17) is 4.74 Å². The molecule has 1 amide bonds. The average Bonchev–Trinajstić information content (AvgIpc) is 3.51. The van der Waals surface area contributed by atoms with Gasteiger partial charge < -0.3 is 20.3 Å². The van der Waals surface area contributed by atoms with Crippen LogP contribution < -0.4 is 5.32 Å². The van der Waals surface area contributed by atoms with Crippen LogP contribution in [0, 0.1) is 0 Å². The Morgan fingerprint density at radius 1 is 0.333 bits per heavy atom. The first-order chi connectivity index (χ1) is 41.5. The molecule has 3 N–H and O–H groups in total. The Bertz CT molecular complexity index is 1450. The van der Waals surface area contributed by atoms with Crippen LogP contribution in [0.1, 0.15) is 399 Å². The fourth-order valence-corrected chi connectivity index (χ4v) is 11.5. The van der Waals surface area contributed by atoms with Gasteiger partial charge in [0.15, 0.2) is 0 Å². The Morgan fingerprint density at radius 3 is 0.917 bits per heavy atom. The van der Waals surface area contributed by atoms with E-state index < -0.39 is 12.1 Å². The molecule has 6 nitrogen and oxygen atoms in total. The number of unbranched alkanes of at least 4 members (excludes halogenated alkanes) is 51. The number of amides is 1. The van der Waals surface area contributed by atoms with E-state index in [-0.39, 0.29) is 18.5 Å². The summed E-state index contributed by atoms with van der Waals surface area (Å²) in [4.78, 5) is 24.6. The largest absolute Gasteiger partial charge is 0.466 e. The first-order valence-corrected chi connectivity index (χ1v) is 37.6. The summed E-state index contributed by atoms with van der Waals surface area (Å²) in [6, 6.07) is -0.631. The van der Waals surface area contributed by atoms with Crippen LogP contribution in [0.15, 0.2) is 60.8 Å². The quantitative estimate of drug-likeness (QED) is 0.0320. The SMILES string of the molecule is CCCCCC/C=C\C/C=C\CCCCCCCC(=O)OCCCCCCCCCCC/C=C\C/C=C\CCCCCCCCCCCCCCCC(=O)NC(CO)C(O)/C=C/CCCCCCCCCCCCCCCCCCCCCC. The van der Waals surface area contributed by atoms with Crippen LogP contribution in [0.5, 0.6) is 0 Å². The van der Waals surface area contributed by atoms with Crippen LogP contribution in [-0.2, 0) is 14.3 Å². The van der Waals surface area contributed by atoms with E-state index in [0.717, 1.165) is 57.8 Å². The number of ether oxygens (including phenoxy) is 1. The number of allylic oxidation sites excluding steroid dienone is 9. The van der Waals surface area contributed by atoms with E-state index in [0.29, 0.717) is 19.4 Å². The minimum absolute atomic E-state index is 0.00173. The summed E-state index contributed by atoms with van der Waals surface area (Å²) in [7, 11) is 0. The zero-order chi connectivity index (χ0) is 60.6. The van der Waals surface area contributed by atoms with Crippen molar-refractivity contribution in [2.45, 2.75) is 411 Å². The number of carbonyl (C=O) groups is 2. The fraction of sp³-hybridized carbons (Fsp3) is 0.846. The van der Waals surface area contributed by atoms with Crippen molar-refractivity contribution < 1.29 is 24.5 Å². The number of hydrogen-bond donors (Lipinski definition) is 3. The van der Waals surface area contributed by atoms with E-state index in [9.17, 15) is 19.8 Å². The van der Waals surface area contributed by atoms with Gasteiger partial charge in [0.1, 0.15) is 0 Å². The molecule has 0 saturated carbocycles. The van der Waals surface area contributed by atoms with Crippen LogP contribution >= 0.6 is 0 Å². The van der Waals surface area contributed by atoms with Gasteiger partial charge in [-0.1, -0.05) is 351 Å². The maximum atomic E-state index is 12.5. The minimum atomic E-state index is -0.848. The highest BCUT2D eigenvalue weighted by molar-refractivity contribution is 5.76. The topological polar surface area (TPSA) is 95.9 Å². The third-order valence-corrected chi connectivity index (χ3v) is 17.3. The van der Waals surface area contributed by atoms with Gasteiger partial charge in [-0.15, -0.1) is 0 Å².